The number of ketones is 1. The van der Waals surface area contributed by atoms with E-state index in [9.17, 15) is 19.5 Å². The molecule has 2 aromatic carbocycles. The van der Waals surface area contributed by atoms with Crippen LogP contribution in [0.5, 0.6) is 5.75 Å². The Balaban J connectivity index is 1.63. The lowest BCUT2D eigenvalue weighted by Gasteiger charge is -2.34. The Bertz CT molecular complexity index is 1060. The van der Waals surface area contributed by atoms with Gasteiger partial charge in [-0.3, -0.25) is 14.4 Å². The molecule has 0 spiro atoms. The molecule has 3 rings (SSSR count). The van der Waals surface area contributed by atoms with Crippen LogP contribution >= 0.6 is 0 Å². The molecular formula is C28H33NO5. The number of carbonyl (C=O) groups excluding carboxylic acids is 2. The average molecular weight is 464 g/mol. The van der Waals surface area contributed by atoms with Crippen LogP contribution in [0.15, 0.2) is 54.6 Å². The zero-order valence-electron chi connectivity index (χ0n) is 19.7. The predicted octanol–water partition coefficient (Wildman–Crippen LogP) is 5.52. The summed E-state index contributed by atoms with van der Waals surface area (Å²) in [6, 6.07) is 12.5. The Hall–Kier alpha value is -3.41. The van der Waals surface area contributed by atoms with Crippen molar-refractivity contribution >= 4 is 17.7 Å². The van der Waals surface area contributed by atoms with Crippen molar-refractivity contribution in [3.05, 3.63) is 65.7 Å². The minimum atomic E-state index is -0.773. The first-order valence-electron chi connectivity index (χ1n) is 12.0. The van der Waals surface area contributed by atoms with Crippen LogP contribution < -0.4 is 0 Å². The summed E-state index contributed by atoms with van der Waals surface area (Å²) in [5.74, 6) is -0.554. The molecule has 2 aromatic rings. The Labute approximate surface area is 200 Å². The van der Waals surface area contributed by atoms with Gasteiger partial charge in [0, 0.05) is 24.9 Å². The number of hydrogen-bond donors (Lipinski definition) is 2. The fourth-order valence-corrected chi connectivity index (χ4v) is 4.46. The monoisotopic (exact) mass is 463 g/mol. The number of carboxylic acid groups (broad SMARTS) is 1. The summed E-state index contributed by atoms with van der Waals surface area (Å²) >= 11 is 0. The summed E-state index contributed by atoms with van der Waals surface area (Å²) in [6.45, 7) is 2.55. The number of aliphatic carboxylic acids is 1. The number of likely N-dealkylation sites (tertiary alicyclic amines) is 1. The number of rotatable bonds is 11. The topological polar surface area (TPSA) is 94.9 Å². The van der Waals surface area contributed by atoms with Crippen LogP contribution in [0.25, 0.3) is 11.1 Å². The Kier molecular flexibility index (Phi) is 9.02. The summed E-state index contributed by atoms with van der Waals surface area (Å²) < 4.78 is 0. The van der Waals surface area contributed by atoms with Crippen molar-refractivity contribution in [1.82, 2.24) is 4.90 Å². The number of amides is 1. The summed E-state index contributed by atoms with van der Waals surface area (Å²) in [5.41, 5.74) is 3.38. The zero-order chi connectivity index (χ0) is 24.5. The number of carboxylic acids is 1. The number of unbranched alkanes of at least 4 members (excludes halogenated alkanes) is 3. The van der Waals surface area contributed by atoms with Gasteiger partial charge in [-0.05, 0) is 73.6 Å². The van der Waals surface area contributed by atoms with Gasteiger partial charge in [0.2, 0.25) is 5.91 Å². The lowest BCUT2D eigenvalue weighted by atomic mass is 9.96. The normalized spacial score (nSPS) is 16.2. The number of benzene rings is 2. The number of allylic oxidation sites excluding steroid dienone is 1. The van der Waals surface area contributed by atoms with Crippen molar-refractivity contribution in [3.8, 4) is 16.9 Å². The number of piperidine rings is 1. The second-order valence-corrected chi connectivity index (χ2v) is 8.91. The molecule has 1 amide bonds. The van der Waals surface area contributed by atoms with Crippen molar-refractivity contribution in [2.24, 2.45) is 0 Å². The summed E-state index contributed by atoms with van der Waals surface area (Å²) in [6.07, 6.45) is 9.00. The number of aromatic hydroxyl groups is 1. The van der Waals surface area contributed by atoms with Gasteiger partial charge >= 0.3 is 5.97 Å². The summed E-state index contributed by atoms with van der Waals surface area (Å²) in [4.78, 5) is 37.9. The van der Waals surface area contributed by atoms with Gasteiger partial charge in [0.05, 0.1) is 6.04 Å². The summed E-state index contributed by atoms with van der Waals surface area (Å²) in [5, 5.41) is 18.4. The number of carbonyl (C=O) groups is 3. The Morgan fingerprint density at radius 1 is 1.09 bits per heavy atom. The highest BCUT2D eigenvalue weighted by Crippen LogP contribution is 2.27. The lowest BCUT2D eigenvalue weighted by molar-refractivity contribution is -0.137. The van der Waals surface area contributed by atoms with Gasteiger partial charge in [-0.25, -0.2) is 0 Å². The molecule has 0 aromatic heterocycles. The van der Waals surface area contributed by atoms with Crippen molar-refractivity contribution in [2.45, 2.75) is 64.3 Å². The minimum absolute atomic E-state index is 0.0910. The van der Waals surface area contributed by atoms with E-state index < -0.39 is 5.97 Å². The first kappa shape index (κ1) is 25.2. The smallest absolute Gasteiger partial charge is 0.303 e. The standard InChI is InChI=1S/C28H33NO5/c1-20-18-24(30)14-15-25(20)21-8-6-9-22(19-21)26(31)16-13-23-10-7-11-27(32)29(23)17-5-3-2-4-12-28(33)34/h6,8-9,13-16,18-19,23,30H,2-5,7,10-12,17H2,1H3,(H,33,34)/b16-13+/t23-/m1/s1. The number of phenols is 1. The SMILES string of the molecule is Cc1cc(O)ccc1-c1cccc(C(=O)/C=C/[C@H]2CCCC(=O)N2CCCCCCC(=O)O)c1. The molecule has 0 bridgehead atoms. The van der Waals surface area contributed by atoms with Gasteiger partial charge in [0.1, 0.15) is 5.75 Å². The third-order valence-corrected chi connectivity index (χ3v) is 6.29. The van der Waals surface area contributed by atoms with E-state index in [0.717, 1.165) is 48.8 Å². The van der Waals surface area contributed by atoms with E-state index in [2.05, 4.69) is 0 Å². The molecular weight excluding hydrogens is 430 g/mol. The lowest BCUT2D eigenvalue weighted by Crippen LogP contribution is -2.43. The minimum Gasteiger partial charge on any atom is -0.508 e. The van der Waals surface area contributed by atoms with E-state index in [-0.39, 0.29) is 29.9 Å². The van der Waals surface area contributed by atoms with Crippen molar-refractivity contribution < 1.29 is 24.6 Å². The van der Waals surface area contributed by atoms with Gasteiger partial charge in [-0.1, -0.05) is 43.2 Å². The highest BCUT2D eigenvalue weighted by atomic mass is 16.4. The Morgan fingerprint density at radius 3 is 2.65 bits per heavy atom. The van der Waals surface area contributed by atoms with Gasteiger partial charge in [0.15, 0.2) is 5.78 Å². The molecule has 1 saturated heterocycles. The Morgan fingerprint density at radius 2 is 1.88 bits per heavy atom. The second kappa shape index (κ2) is 12.2. The fraction of sp³-hybridized carbons (Fsp3) is 0.393. The van der Waals surface area contributed by atoms with E-state index in [1.54, 1.807) is 24.3 Å². The second-order valence-electron chi connectivity index (χ2n) is 8.91. The molecule has 0 radical (unpaired) electrons. The first-order chi connectivity index (χ1) is 16.3. The molecule has 0 saturated carbocycles. The van der Waals surface area contributed by atoms with Crippen LogP contribution in [0, 0.1) is 6.92 Å². The van der Waals surface area contributed by atoms with E-state index in [1.165, 1.54) is 0 Å². The number of hydrogen-bond acceptors (Lipinski definition) is 4. The largest absolute Gasteiger partial charge is 0.508 e. The zero-order valence-corrected chi connectivity index (χ0v) is 19.7. The molecule has 1 fully saturated rings. The van der Waals surface area contributed by atoms with Gasteiger partial charge in [-0.2, -0.15) is 0 Å². The molecule has 0 unspecified atom stereocenters. The average Bonchev–Trinajstić information content (AvgIpc) is 2.80. The van der Waals surface area contributed by atoms with Crippen LogP contribution in [-0.2, 0) is 9.59 Å². The van der Waals surface area contributed by atoms with E-state index in [1.807, 2.05) is 42.2 Å². The molecule has 0 aliphatic carbocycles. The van der Waals surface area contributed by atoms with Crippen molar-refractivity contribution in [1.29, 1.82) is 0 Å². The van der Waals surface area contributed by atoms with Crippen LogP contribution in [0.2, 0.25) is 0 Å². The molecule has 180 valence electrons. The fourth-order valence-electron chi connectivity index (χ4n) is 4.46. The molecule has 34 heavy (non-hydrogen) atoms. The van der Waals surface area contributed by atoms with Crippen molar-refractivity contribution in [2.75, 3.05) is 6.54 Å². The maximum Gasteiger partial charge on any atom is 0.303 e. The van der Waals surface area contributed by atoms with Gasteiger partial charge in [-0.15, -0.1) is 0 Å². The molecule has 6 nitrogen and oxygen atoms in total. The van der Waals surface area contributed by atoms with Gasteiger partial charge in [0.25, 0.3) is 0 Å². The maximum absolute atomic E-state index is 12.9. The maximum atomic E-state index is 12.9. The summed E-state index contributed by atoms with van der Waals surface area (Å²) in [7, 11) is 0. The van der Waals surface area contributed by atoms with Crippen LogP contribution in [0.1, 0.15) is 67.3 Å². The van der Waals surface area contributed by atoms with Gasteiger partial charge < -0.3 is 15.1 Å². The highest BCUT2D eigenvalue weighted by Gasteiger charge is 2.25. The number of aryl methyl sites for hydroxylation is 1. The molecule has 1 atom stereocenters. The van der Waals surface area contributed by atoms with Crippen LogP contribution in [0.4, 0.5) is 0 Å². The molecule has 1 heterocycles. The van der Waals surface area contributed by atoms with E-state index in [4.69, 9.17) is 5.11 Å². The molecule has 2 N–H and O–H groups in total. The molecule has 6 heteroatoms. The molecule has 1 aliphatic rings. The van der Waals surface area contributed by atoms with Crippen LogP contribution in [0.3, 0.4) is 0 Å². The predicted molar refractivity (Wildman–Crippen MR) is 132 cm³/mol. The first-order valence-corrected chi connectivity index (χ1v) is 12.0. The van der Waals surface area contributed by atoms with E-state index in [0.29, 0.717) is 24.9 Å². The number of nitrogens with zero attached hydrogens (tertiary/aromatic N) is 1. The van der Waals surface area contributed by atoms with Crippen molar-refractivity contribution in [3.63, 3.8) is 0 Å². The molecule has 1 aliphatic heterocycles. The third kappa shape index (κ3) is 7.04. The van der Waals surface area contributed by atoms with Crippen LogP contribution in [-0.4, -0.2) is 45.4 Å². The highest BCUT2D eigenvalue weighted by molar-refractivity contribution is 6.05. The third-order valence-electron chi connectivity index (χ3n) is 6.29. The number of phenolic OH excluding ortho intramolecular Hbond substituents is 1. The van der Waals surface area contributed by atoms with E-state index >= 15 is 0 Å². The quantitative estimate of drug-likeness (QED) is 0.260.